The van der Waals surface area contributed by atoms with E-state index in [0.717, 1.165) is 54.7 Å². The summed E-state index contributed by atoms with van der Waals surface area (Å²) in [4.78, 5) is 25.1. The molecule has 0 radical (unpaired) electrons. The molecule has 0 amide bonds. The van der Waals surface area contributed by atoms with Crippen molar-refractivity contribution in [2.45, 2.75) is 6.54 Å². The number of rotatable bonds is 5. The number of hydrogen-bond acceptors (Lipinski definition) is 7. The van der Waals surface area contributed by atoms with E-state index in [4.69, 9.17) is 21.6 Å². The van der Waals surface area contributed by atoms with Crippen LogP contribution in [-0.4, -0.2) is 54.1 Å². The molecule has 2 N–H and O–H groups in total. The molecule has 10 heteroatoms. The molecule has 6 rings (SSSR count). The van der Waals surface area contributed by atoms with Crippen molar-refractivity contribution in [3.05, 3.63) is 64.9 Å². The molecule has 0 atom stereocenters. The molecule has 0 saturated carbocycles. The molecule has 0 fully saturated rings. The predicted octanol–water partition coefficient (Wildman–Crippen LogP) is 5.40. The van der Waals surface area contributed by atoms with Gasteiger partial charge in [0.2, 0.25) is 0 Å². The highest BCUT2D eigenvalue weighted by molar-refractivity contribution is 7.19. The first kappa shape index (κ1) is 20.9. The van der Waals surface area contributed by atoms with Crippen LogP contribution in [0.3, 0.4) is 0 Å². The summed E-state index contributed by atoms with van der Waals surface area (Å²) in [7, 11) is 4.07. The van der Waals surface area contributed by atoms with E-state index < -0.39 is 0 Å². The van der Waals surface area contributed by atoms with Crippen LogP contribution in [0.25, 0.3) is 55.4 Å². The Kier molecular flexibility index (Phi) is 5.09. The minimum absolute atomic E-state index is 0.605. The van der Waals surface area contributed by atoms with Crippen LogP contribution in [0.15, 0.2) is 55.0 Å². The number of nitrogens with zero attached hydrogens (tertiary/aromatic N) is 6. The van der Waals surface area contributed by atoms with E-state index >= 15 is 0 Å². The zero-order valence-electron chi connectivity index (χ0n) is 18.4. The lowest BCUT2D eigenvalue weighted by molar-refractivity contribution is 0.402. The van der Waals surface area contributed by atoms with E-state index in [1.165, 1.54) is 11.3 Å². The summed E-state index contributed by atoms with van der Waals surface area (Å²) >= 11 is 7.67. The van der Waals surface area contributed by atoms with Crippen LogP contribution in [0.4, 0.5) is 0 Å². The lowest BCUT2D eigenvalue weighted by atomic mass is 10.1. The second kappa shape index (κ2) is 8.28. The average molecular weight is 487 g/mol. The van der Waals surface area contributed by atoms with Crippen molar-refractivity contribution in [3.63, 3.8) is 0 Å². The fourth-order valence-electron chi connectivity index (χ4n) is 3.98. The molecule has 168 valence electrons. The fraction of sp³-hybridized carbons (Fsp3) is 0.125. The summed E-state index contributed by atoms with van der Waals surface area (Å²) < 4.78 is 0.731. The number of H-pyrrole nitrogens is 2. The molecule has 0 saturated heterocycles. The molecule has 0 bridgehead atoms. The highest BCUT2D eigenvalue weighted by Gasteiger charge is 2.18. The van der Waals surface area contributed by atoms with Crippen LogP contribution < -0.4 is 0 Å². The molecular weight excluding hydrogens is 468 g/mol. The lowest BCUT2D eigenvalue weighted by Crippen LogP contribution is -2.10. The second-order valence-corrected chi connectivity index (χ2v) is 9.94. The van der Waals surface area contributed by atoms with E-state index in [-0.39, 0.29) is 0 Å². The van der Waals surface area contributed by atoms with E-state index in [2.05, 4.69) is 36.1 Å². The van der Waals surface area contributed by atoms with Gasteiger partial charge in [0.15, 0.2) is 17.2 Å². The number of imidazole rings is 1. The van der Waals surface area contributed by atoms with E-state index in [1.807, 2.05) is 56.8 Å². The van der Waals surface area contributed by atoms with Crippen molar-refractivity contribution < 1.29 is 0 Å². The molecule has 6 aromatic heterocycles. The van der Waals surface area contributed by atoms with Crippen LogP contribution >= 0.6 is 22.9 Å². The van der Waals surface area contributed by atoms with Crippen molar-refractivity contribution in [2.75, 3.05) is 14.1 Å². The SMILES string of the molecule is CN(C)Cc1cncc(-c2ccc3[nH]nc(-c4nc5c(-c6ccc(Cl)s6)ccnc5[nH]4)c3n2)c1. The quantitative estimate of drug-likeness (QED) is 0.338. The molecule has 0 aliphatic carbocycles. The van der Waals surface area contributed by atoms with Crippen molar-refractivity contribution in [1.82, 2.24) is 40.0 Å². The Labute approximate surface area is 203 Å². The zero-order valence-corrected chi connectivity index (χ0v) is 19.9. The number of aromatic nitrogens is 7. The first-order chi connectivity index (χ1) is 16.5. The Morgan fingerprint density at radius 3 is 2.76 bits per heavy atom. The number of halogens is 1. The summed E-state index contributed by atoms with van der Waals surface area (Å²) in [5.41, 5.74) is 7.53. The summed E-state index contributed by atoms with van der Waals surface area (Å²) in [6.07, 6.45) is 5.47. The molecule has 0 spiro atoms. The number of aromatic amines is 2. The van der Waals surface area contributed by atoms with Gasteiger partial charge in [0.1, 0.15) is 11.0 Å². The number of pyridine rings is 3. The molecule has 0 aromatic carbocycles. The van der Waals surface area contributed by atoms with Gasteiger partial charge in [-0.05, 0) is 56.1 Å². The van der Waals surface area contributed by atoms with Crippen LogP contribution in [0.5, 0.6) is 0 Å². The second-order valence-electron chi connectivity index (χ2n) is 8.23. The summed E-state index contributed by atoms with van der Waals surface area (Å²) in [5, 5.41) is 7.58. The van der Waals surface area contributed by atoms with Crippen LogP contribution in [0.2, 0.25) is 4.34 Å². The fourth-order valence-corrected chi connectivity index (χ4v) is 5.05. The molecule has 6 heterocycles. The average Bonchev–Trinajstić information content (AvgIpc) is 3.55. The Balaban J connectivity index is 1.45. The van der Waals surface area contributed by atoms with E-state index in [0.29, 0.717) is 17.2 Å². The molecule has 0 unspecified atom stereocenters. The monoisotopic (exact) mass is 486 g/mol. The predicted molar refractivity (Wildman–Crippen MR) is 136 cm³/mol. The number of hydrogen-bond donors (Lipinski definition) is 2. The number of thiophene rings is 1. The van der Waals surface area contributed by atoms with Gasteiger partial charge in [-0.2, -0.15) is 5.10 Å². The molecule has 0 aliphatic heterocycles. The Bertz CT molecular complexity index is 1650. The van der Waals surface area contributed by atoms with E-state index in [1.54, 1.807) is 6.20 Å². The number of fused-ring (bicyclic) bond motifs is 2. The lowest BCUT2D eigenvalue weighted by Gasteiger charge is -2.10. The maximum Gasteiger partial charge on any atom is 0.162 e. The largest absolute Gasteiger partial charge is 0.321 e. The minimum atomic E-state index is 0.605. The van der Waals surface area contributed by atoms with Crippen LogP contribution in [0.1, 0.15) is 5.56 Å². The van der Waals surface area contributed by atoms with Crippen molar-refractivity contribution in [2.24, 2.45) is 0 Å². The van der Waals surface area contributed by atoms with Crippen LogP contribution in [-0.2, 0) is 6.54 Å². The van der Waals surface area contributed by atoms with Gasteiger partial charge in [-0.3, -0.25) is 10.1 Å². The maximum atomic E-state index is 6.16. The Morgan fingerprint density at radius 2 is 1.94 bits per heavy atom. The topological polar surface area (TPSA) is 99.3 Å². The maximum absolute atomic E-state index is 6.16. The third-order valence-electron chi connectivity index (χ3n) is 5.44. The standard InChI is InChI=1S/C24H19ClN8S/c1-33(2)12-13-9-14(11-26-10-13)16-3-4-17-21(28-16)22(32-31-17)24-29-20-15(7-8-27-23(20)30-24)18-5-6-19(25)34-18/h3-11H,12H2,1-2H3,(H,31,32)(H,27,29,30). The minimum Gasteiger partial charge on any atom is -0.321 e. The summed E-state index contributed by atoms with van der Waals surface area (Å²) in [5.74, 6) is 0.605. The Hall–Kier alpha value is -3.66. The highest BCUT2D eigenvalue weighted by Crippen LogP contribution is 2.35. The molecule has 6 aromatic rings. The zero-order chi connectivity index (χ0) is 23.2. The first-order valence-corrected chi connectivity index (χ1v) is 11.8. The molecule has 0 aliphatic rings. The molecular formula is C24H19ClN8S. The summed E-state index contributed by atoms with van der Waals surface area (Å²) in [6, 6.07) is 11.9. The highest BCUT2D eigenvalue weighted by atomic mass is 35.5. The van der Waals surface area contributed by atoms with Crippen molar-refractivity contribution in [3.8, 4) is 33.2 Å². The van der Waals surface area contributed by atoms with Gasteiger partial charge in [-0.1, -0.05) is 11.6 Å². The molecule has 34 heavy (non-hydrogen) atoms. The normalized spacial score (nSPS) is 11.8. The van der Waals surface area contributed by atoms with E-state index in [9.17, 15) is 0 Å². The molecule has 8 nitrogen and oxygen atoms in total. The third kappa shape index (κ3) is 3.73. The van der Waals surface area contributed by atoms with Gasteiger partial charge in [0.05, 0.1) is 15.5 Å². The van der Waals surface area contributed by atoms with Crippen molar-refractivity contribution in [1.29, 1.82) is 0 Å². The smallest absolute Gasteiger partial charge is 0.162 e. The van der Waals surface area contributed by atoms with Gasteiger partial charge in [-0.25, -0.2) is 15.0 Å². The van der Waals surface area contributed by atoms with Gasteiger partial charge in [0.25, 0.3) is 0 Å². The van der Waals surface area contributed by atoms with Gasteiger partial charge >= 0.3 is 0 Å². The summed E-state index contributed by atoms with van der Waals surface area (Å²) in [6.45, 7) is 0.809. The Morgan fingerprint density at radius 1 is 1.03 bits per heavy atom. The van der Waals surface area contributed by atoms with Gasteiger partial charge in [-0.15, -0.1) is 11.3 Å². The van der Waals surface area contributed by atoms with Crippen molar-refractivity contribution >= 4 is 45.1 Å². The van der Waals surface area contributed by atoms with Gasteiger partial charge < -0.3 is 9.88 Å². The van der Waals surface area contributed by atoms with Crippen LogP contribution in [0, 0.1) is 0 Å². The third-order valence-corrected chi connectivity index (χ3v) is 6.71. The number of nitrogens with one attached hydrogen (secondary N) is 2. The first-order valence-electron chi connectivity index (χ1n) is 10.6. The van der Waals surface area contributed by atoms with Gasteiger partial charge in [0, 0.05) is 41.1 Å².